The lowest BCUT2D eigenvalue weighted by Crippen LogP contribution is -2.27. The molecule has 0 fully saturated rings. The molecule has 6 nitrogen and oxygen atoms in total. The summed E-state index contributed by atoms with van der Waals surface area (Å²) in [5, 5.41) is 3.41. The third kappa shape index (κ3) is 3.69. The first-order valence-corrected chi connectivity index (χ1v) is 8.21. The van der Waals surface area contributed by atoms with Crippen LogP contribution < -0.4 is 10.1 Å². The monoisotopic (exact) mass is 332 g/mol. The van der Waals surface area contributed by atoms with Crippen molar-refractivity contribution in [2.75, 3.05) is 13.2 Å². The van der Waals surface area contributed by atoms with Crippen LogP contribution in [-0.2, 0) is 11.8 Å². The van der Waals surface area contributed by atoms with Gasteiger partial charge in [0.05, 0.1) is 12.2 Å². The minimum absolute atomic E-state index is 0.310. The van der Waals surface area contributed by atoms with Crippen LogP contribution in [0.2, 0.25) is 0 Å². The van der Waals surface area contributed by atoms with Gasteiger partial charge in [0, 0.05) is 30.2 Å². The summed E-state index contributed by atoms with van der Waals surface area (Å²) < 4.78 is 12.4. The van der Waals surface area contributed by atoms with Crippen LogP contribution in [0, 0.1) is 6.92 Å². The number of amides is 1. The van der Waals surface area contributed by atoms with E-state index < -0.39 is 6.09 Å². The lowest BCUT2D eigenvalue weighted by Gasteiger charge is -2.07. The zero-order valence-electron chi connectivity index (χ0n) is 14.6. The Hall–Kier alpha value is -2.50. The van der Waals surface area contributed by atoms with Crippen LogP contribution in [0.15, 0.2) is 18.2 Å². The molecule has 0 saturated carbocycles. The van der Waals surface area contributed by atoms with E-state index in [1.165, 1.54) is 0 Å². The summed E-state index contributed by atoms with van der Waals surface area (Å²) in [5.41, 5.74) is 2.20. The molecule has 2 aromatic rings. The predicted molar refractivity (Wildman–Crippen MR) is 92.5 cm³/mol. The summed E-state index contributed by atoms with van der Waals surface area (Å²) in [7, 11) is 1.89. The van der Waals surface area contributed by atoms with Crippen molar-refractivity contribution in [3.8, 4) is 5.75 Å². The molecule has 24 heavy (non-hydrogen) atoms. The fourth-order valence-electron chi connectivity index (χ4n) is 2.59. The van der Waals surface area contributed by atoms with E-state index in [9.17, 15) is 9.59 Å². The number of aryl methyl sites for hydroxylation is 1. The Morgan fingerprint density at radius 3 is 2.67 bits per heavy atom. The topological polar surface area (TPSA) is 69.6 Å². The molecular weight excluding hydrogens is 308 g/mol. The molecule has 0 spiro atoms. The fraction of sp³-hybridized carbons (Fsp3) is 0.444. The number of carbonyl (C=O) groups excluding carboxylic acids is 2. The highest BCUT2D eigenvalue weighted by Gasteiger charge is 2.20. The van der Waals surface area contributed by atoms with E-state index in [2.05, 4.69) is 12.2 Å². The van der Waals surface area contributed by atoms with Crippen LogP contribution in [0.3, 0.4) is 0 Å². The smallest absolute Gasteiger partial charge is 0.412 e. The fourth-order valence-corrected chi connectivity index (χ4v) is 2.59. The normalized spacial score (nSPS) is 10.7. The number of aromatic nitrogens is 1. The summed E-state index contributed by atoms with van der Waals surface area (Å²) in [5.74, 6) is 0.0257. The lowest BCUT2D eigenvalue weighted by atomic mass is 10.1. The molecule has 1 heterocycles. The van der Waals surface area contributed by atoms with Crippen LogP contribution in [0.1, 0.15) is 42.7 Å². The highest BCUT2D eigenvalue weighted by molar-refractivity contribution is 6.06. The van der Waals surface area contributed by atoms with Gasteiger partial charge in [-0.15, -0.1) is 0 Å². The van der Waals surface area contributed by atoms with E-state index in [0.29, 0.717) is 29.9 Å². The third-order valence-corrected chi connectivity index (χ3v) is 3.95. The number of hydrogen-bond donors (Lipinski definition) is 1. The quantitative estimate of drug-likeness (QED) is 0.649. The Morgan fingerprint density at radius 2 is 2.00 bits per heavy atom. The SMILES string of the molecule is CCCCNC(=O)Oc1ccc2c(c1)c(C(=O)OCC)c(C)n2C. The summed E-state index contributed by atoms with van der Waals surface area (Å²) in [4.78, 5) is 24.0. The first kappa shape index (κ1) is 17.8. The van der Waals surface area contributed by atoms with E-state index in [1.54, 1.807) is 19.1 Å². The van der Waals surface area contributed by atoms with Crippen LogP contribution in [-0.4, -0.2) is 29.8 Å². The molecule has 6 heteroatoms. The molecule has 0 unspecified atom stereocenters. The Bertz CT molecular complexity index is 749. The minimum atomic E-state index is -0.492. The highest BCUT2D eigenvalue weighted by atomic mass is 16.6. The number of benzene rings is 1. The predicted octanol–water partition coefficient (Wildman–Crippen LogP) is 3.55. The van der Waals surface area contributed by atoms with Gasteiger partial charge in [0.2, 0.25) is 0 Å². The molecule has 1 aromatic carbocycles. The molecule has 0 bridgehead atoms. The van der Waals surface area contributed by atoms with Crippen LogP contribution >= 0.6 is 0 Å². The number of nitrogens with zero attached hydrogens (tertiary/aromatic N) is 1. The zero-order chi connectivity index (χ0) is 17.7. The van der Waals surface area contributed by atoms with Crippen molar-refractivity contribution in [2.45, 2.75) is 33.6 Å². The van der Waals surface area contributed by atoms with Gasteiger partial charge in [-0.1, -0.05) is 13.3 Å². The maximum atomic E-state index is 12.2. The number of ether oxygens (including phenoxy) is 2. The van der Waals surface area contributed by atoms with Crippen molar-refractivity contribution in [2.24, 2.45) is 7.05 Å². The number of carbonyl (C=O) groups is 2. The molecular formula is C18H24N2O4. The number of esters is 1. The van der Waals surface area contributed by atoms with Crippen molar-refractivity contribution in [1.82, 2.24) is 9.88 Å². The minimum Gasteiger partial charge on any atom is -0.462 e. The van der Waals surface area contributed by atoms with Gasteiger partial charge >= 0.3 is 12.1 Å². The van der Waals surface area contributed by atoms with Gasteiger partial charge in [0.15, 0.2) is 0 Å². The van der Waals surface area contributed by atoms with Crippen LogP contribution in [0.4, 0.5) is 4.79 Å². The number of unbranched alkanes of at least 4 members (excludes halogenated alkanes) is 1. The van der Waals surface area contributed by atoms with E-state index in [1.807, 2.05) is 24.6 Å². The third-order valence-electron chi connectivity index (χ3n) is 3.95. The summed E-state index contributed by atoms with van der Waals surface area (Å²) in [6.45, 7) is 6.58. The van der Waals surface area contributed by atoms with Gasteiger partial charge in [-0.3, -0.25) is 0 Å². The Balaban J connectivity index is 2.30. The molecule has 2 rings (SSSR count). The van der Waals surface area contributed by atoms with Crippen molar-refractivity contribution < 1.29 is 19.1 Å². The number of hydrogen-bond acceptors (Lipinski definition) is 4. The molecule has 0 radical (unpaired) electrons. The van der Waals surface area contributed by atoms with E-state index in [-0.39, 0.29) is 5.97 Å². The largest absolute Gasteiger partial charge is 0.462 e. The number of nitrogens with one attached hydrogen (secondary N) is 1. The molecule has 0 aliphatic heterocycles. The standard InChI is InChI=1S/C18H24N2O4/c1-5-7-10-19-18(22)24-13-8-9-15-14(11-13)16(12(3)20(15)4)17(21)23-6-2/h8-9,11H,5-7,10H2,1-4H3,(H,19,22). The van der Waals surface area contributed by atoms with E-state index in [4.69, 9.17) is 9.47 Å². The second-order valence-electron chi connectivity index (χ2n) is 5.59. The molecule has 0 saturated heterocycles. The molecule has 0 atom stereocenters. The van der Waals surface area contributed by atoms with E-state index >= 15 is 0 Å². The molecule has 1 aromatic heterocycles. The van der Waals surface area contributed by atoms with Gasteiger partial charge in [-0.2, -0.15) is 0 Å². The summed E-state index contributed by atoms with van der Waals surface area (Å²) >= 11 is 0. The number of fused-ring (bicyclic) bond motifs is 1. The van der Waals surface area contributed by atoms with Gasteiger partial charge in [-0.05, 0) is 38.5 Å². The van der Waals surface area contributed by atoms with Gasteiger partial charge < -0.3 is 19.4 Å². The average molecular weight is 332 g/mol. The summed E-state index contributed by atoms with van der Waals surface area (Å²) in [6, 6.07) is 5.25. The Kier molecular flexibility index (Phi) is 5.84. The first-order valence-electron chi connectivity index (χ1n) is 8.21. The van der Waals surface area contributed by atoms with Crippen molar-refractivity contribution in [3.63, 3.8) is 0 Å². The van der Waals surface area contributed by atoms with Crippen molar-refractivity contribution in [1.29, 1.82) is 0 Å². The van der Waals surface area contributed by atoms with Crippen molar-refractivity contribution >= 4 is 23.0 Å². The number of rotatable bonds is 6. The summed E-state index contributed by atoms with van der Waals surface area (Å²) in [6.07, 6.45) is 1.41. The highest BCUT2D eigenvalue weighted by Crippen LogP contribution is 2.29. The van der Waals surface area contributed by atoms with E-state index in [0.717, 1.165) is 24.1 Å². The average Bonchev–Trinajstić information content (AvgIpc) is 2.79. The maximum Gasteiger partial charge on any atom is 0.412 e. The molecule has 130 valence electrons. The van der Waals surface area contributed by atoms with Gasteiger partial charge in [0.1, 0.15) is 5.75 Å². The molecule has 0 aliphatic carbocycles. The second kappa shape index (κ2) is 7.86. The maximum absolute atomic E-state index is 12.2. The van der Waals surface area contributed by atoms with Gasteiger partial charge in [-0.25, -0.2) is 9.59 Å². The lowest BCUT2D eigenvalue weighted by molar-refractivity contribution is 0.0527. The Labute approximate surface area is 141 Å². The van der Waals surface area contributed by atoms with Crippen LogP contribution in [0.25, 0.3) is 10.9 Å². The van der Waals surface area contributed by atoms with Crippen LogP contribution in [0.5, 0.6) is 5.75 Å². The zero-order valence-corrected chi connectivity index (χ0v) is 14.6. The molecule has 0 aliphatic rings. The first-order chi connectivity index (χ1) is 11.5. The Morgan fingerprint density at radius 1 is 1.25 bits per heavy atom. The molecule has 1 amide bonds. The van der Waals surface area contributed by atoms with Gasteiger partial charge in [0.25, 0.3) is 0 Å². The molecule has 1 N–H and O–H groups in total. The second-order valence-corrected chi connectivity index (χ2v) is 5.59. The van der Waals surface area contributed by atoms with Crippen molar-refractivity contribution in [3.05, 3.63) is 29.5 Å².